The molecule has 0 spiro atoms. The number of hydrogen-bond donors (Lipinski definition) is 0. The molecule has 1 unspecified atom stereocenters. The molecule has 0 N–H and O–H groups in total. The Morgan fingerprint density at radius 3 is 2.53 bits per heavy atom. The van der Waals surface area contributed by atoms with Crippen LogP contribution in [0.25, 0.3) is 5.82 Å². The average molecular weight is 443 g/mol. The molecule has 1 saturated heterocycles. The van der Waals surface area contributed by atoms with Crippen molar-refractivity contribution >= 4 is 17.3 Å². The molecule has 1 aliphatic heterocycles. The standard InChI is InChI=1S/C20H22ClF3N4O2/c21-18-16(27(14-4-1-2-5-14)12-15-6-3-9-30-15)11-26-28(19(18)29)17-8-7-13(10-25-17)20(22,23)24/h7-8,10-11,14-15H,1-6,9,12H2. The summed E-state index contributed by atoms with van der Waals surface area (Å²) >= 11 is 6.45. The summed E-state index contributed by atoms with van der Waals surface area (Å²) in [6.45, 7) is 1.37. The van der Waals surface area contributed by atoms with E-state index in [9.17, 15) is 18.0 Å². The molecule has 0 aromatic carbocycles. The van der Waals surface area contributed by atoms with E-state index in [1.165, 1.54) is 6.20 Å². The molecule has 30 heavy (non-hydrogen) atoms. The minimum Gasteiger partial charge on any atom is -0.376 e. The maximum absolute atomic E-state index is 12.9. The average Bonchev–Trinajstić information content (AvgIpc) is 3.42. The van der Waals surface area contributed by atoms with Crippen LogP contribution in [0.1, 0.15) is 44.1 Å². The van der Waals surface area contributed by atoms with Gasteiger partial charge in [-0.3, -0.25) is 4.79 Å². The second-order valence-electron chi connectivity index (χ2n) is 7.69. The molecule has 10 heteroatoms. The Kier molecular flexibility index (Phi) is 6.02. The van der Waals surface area contributed by atoms with Gasteiger partial charge in [-0.1, -0.05) is 24.4 Å². The van der Waals surface area contributed by atoms with Gasteiger partial charge >= 0.3 is 6.18 Å². The van der Waals surface area contributed by atoms with E-state index in [0.717, 1.165) is 61.9 Å². The third-order valence-electron chi connectivity index (χ3n) is 5.69. The highest BCUT2D eigenvalue weighted by molar-refractivity contribution is 6.33. The highest BCUT2D eigenvalue weighted by Gasteiger charge is 2.32. The lowest BCUT2D eigenvalue weighted by atomic mass is 10.1. The van der Waals surface area contributed by atoms with Gasteiger partial charge < -0.3 is 9.64 Å². The quantitative estimate of drug-likeness (QED) is 0.693. The number of anilines is 1. The lowest BCUT2D eigenvalue weighted by molar-refractivity contribution is -0.137. The number of hydrogen-bond acceptors (Lipinski definition) is 5. The van der Waals surface area contributed by atoms with Crippen LogP contribution in [0, 0.1) is 0 Å². The summed E-state index contributed by atoms with van der Waals surface area (Å²) in [6, 6.07) is 2.22. The Balaban J connectivity index is 1.65. The predicted octanol–water partition coefficient (Wildman–Crippen LogP) is 4.23. The van der Waals surface area contributed by atoms with E-state index in [2.05, 4.69) is 15.0 Å². The summed E-state index contributed by atoms with van der Waals surface area (Å²) in [5.74, 6) is -0.0204. The second-order valence-corrected chi connectivity index (χ2v) is 8.07. The number of halogens is 4. The van der Waals surface area contributed by atoms with Crippen molar-refractivity contribution < 1.29 is 17.9 Å². The lowest BCUT2D eigenvalue weighted by Crippen LogP contribution is -2.40. The number of pyridine rings is 1. The van der Waals surface area contributed by atoms with Gasteiger partial charge in [0.1, 0.15) is 5.02 Å². The molecule has 2 aliphatic rings. The SMILES string of the molecule is O=c1c(Cl)c(N(CC2CCCO2)C2CCCC2)cnn1-c1ccc(C(F)(F)F)cn1. The first-order valence-electron chi connectivity index (χ1n) is 10.0. The van der Waals surface area contributed by atoms with E-state index in [1.54, 1.807) is 0 Å². The van der Waals surface area contributed by atoms with Gasteiger partial charge in [-0.05, 0) is 37.8 Å². The van der Waals surface area contributed by atoms with Crippen molar-refractivity contribution in [1.29, 1.82) is 0 Å². The zero-order chi connectivity index (χ0) is 21.3. The van der Waals surface area contributed by atoms with Crippen molar-refractivity contribution in [2.24, 2.45) is 0 Å². The molecule has 1 saturated carbocycles. The van der Waals surface area contributed by atoms with Gasteiger partial charge in [-0.2, -0.15) is 23.0 Å². The Labute approximate surface area is 176 Å². The molecular weight excluding hydrogens is 421 g/mol. The van der Waals surface area contributed by atoms with Gasteiger partial charge in [0.2, 0.25) is 0 Å². The zero-order valence-electron chi connectivity index (χ0n) is 16.2. The molecule has 6 nitrogen and oxygen atoms in total. The molecule has 0 amide bonds. The van der Waals surface area contributed by atoms with Crippen LogP contribution in [0.3, 0.4) is 0 Å². The molecule has 2 aromatic rings. The number of rotatable bonds is 5. The first-order valence-corrected chi connectivity index (χ1v) is 10.4. The molecule has 1 atom stereocenters. The highest BCUT2D eigenvalue weighted by atomic mass is 35.5. The van der Waals surface area contributed by atoms with Crippen molar-refractivity contribution in [3.05, 3.63) is 45.5 Å². The first kappa shape index (κ1) is 21.1. The van der Waals surface area contributed by atoms with E-state index in [1.807, 2.05) is 0 Å². The van der Waals surface area contributed by atoms with Crippen LogP contribution < -0.4 is 10.5 Å². The smallest absolute Gasteiger partial charge is 0.376 e. The van der Waals surface area contributed by atoms with E-state index in [4.69, 9.17) is 16.3 Å². The van der Waals surface area contributed by atoms with Crippen molar-refractivity contribution in [3.63, 3.8) is 0 Å². The third-order valence-corrected chi connectivity index (χ3v) is 6.05. The maximum atomic E-state index is 12.9. The fourth-order valence-corrected chi connectivity index (χ4v) is 4.37. The van der Waals surface area contributed by atoms with E-state index in [-0.39, 0.29) is 23.0 Å². The molecule has 2 fully saturated rings. The van der Waals surface area contributed by atoms with Crippen LogP contribution in [0.2, 0.25) is 5.02 Å². The maximum Gasteiger partial charge on any atom is 0.417 e. The van der Waals surface area contributed by atoms with E-state index < -0.39 is 17.3 Å². The highest BCUT2D eigenvalue weighted by Crippen LogP contribution is 2.33. The monoisotopic (exact) mass is 442 g/mol. The minimum absolute atomic E-state index is 0.0170. The molecule has 1 aliphatic carbocycles. The topological polar surface area (TPSA) is 60.3 Å². The Morgan fingerprint density at radius 1 is 1.17 bits per heavy atom. The van der Waals surface area contributed by atoms with Crippen LogP contribution in [-0.2, 0) is 10.9 Å². The van der Waals surface area contributed by atoms with Gasteiger partial charge in [-0.25, -0.2) is 4.98 Å². The summed E-state index contributed by atoms with van der Waals surface area (Å²) in [4.78, 5) is 18.7. The minimum atomic E-state index is -4.50. The summed E-state index contributed by atoms with van der Waals surface area (Å²) in [6.07, 6.45) is 3.96. The van der Waals surface area contributed by atoms with Gasteiger partial charge in [0, 0.05) is 25.4 Å². The number of aromatic nitrogens is 3. The lowest BCUT2D eigenvalue weighted by Gasteiger charge is -2.33. The van der Waals surface area contributed by atoms with Crippen molar-refractivity contribution in [2.45, 2.75) is 56.8 Å². The van der Waals surface area contributed by atoms with Gasteiger partial charge in [0.25, 0.3) is 5.56 Å². The normalized spacial score (nSPS) is 20.1. The fraction of sp³-hybridized carbons (Fsp3) is 0.550. The zero-order valence-corrected chi connectivity index (χ0v) is 17.0. The Bertz CT molecular complexity index is 937. The number of nitrogens with zero attached hydrogens (tertiary/aromatic N) is 4. The molecule has 4 rings (SSSR count). The van der Waals surface area contributed by atoms with Gasteiger partial charge in [0.15, 0.2) is 5.82 Å². The molecule has 2 aromatic heterocycles. The number of ether oxygens (including phenoxy) is 1. The van der Waals surface area contributed by atoms with E-state index >= 15 is 0 Å². The predicted molar refractivity (Wildman–Crippen MR) is 106 cm³/mol. The van der Waals surface area contributed by atoms with Crippen LogP contribution in [0.4, 0.5) is 18.9 Å². The number of alkyl halides is 3. The van der Waals surface area contributed by atoms with Crippen molar-refractivity contribution in [3.8, 4) is 5.82 Å². The third kappa shape index (κ3) is 4.32. The molecule has 0 radical (unpaired) electrons. The summed E-state index contributed by atoms with van der Waals surface area (Å²) < 4.78 is 45.0. The molecule has 3 heterocycles. The van der Waals surface area contributed by atoms with Crippen LogP contribution in [0.5, 0.6) is 0 Å². The van der Waals surface area contributed by atoms with Gasteiger partial charge in [0.05, 0.1) is 23.6 Å². The first-order chi connectivity index (χ1) is 14.3. The van der Waals surface area contributed by atoms with Crippen LogP contribution >= 0.6 is 11.6 Å². The summed E-state index contributed by atoms with van der Waals surface area (Å²) in [7, 11) is 0. The fourth-order valence-electron chi connectivity index (χ4n) is 4.13. The van der Waals surface area contributed by atoms with Crippen LogP contribution in [-0.4, -0.2) is 40.1 Å². The Morgan fingerprint density at radius 2 is 1.93 bits per heavy atom. The molecule has 162 valence electrons. The largest absolute Gasteiger partial charge is 0.417 e. The summed E-state index contributed by atoms with van der Waals surface area (Å²) in [5.41, 5.74) is -0.977. The van der Waals surface area contributed by atoms with Crippen molar-refractivity contribution in [2.75, 3.05) is 18.1 Å². The molecular formula is C20H22ClF3N4O2. The van der Waals surface area contributed by atoms with E-state index in [0.29, 0.717) is 18.4 Å². The van der Waals surface area contributed by atoms with Gasteiger partial charge in [-0.15, -0.1) is 0 Å². The summed E-state index contributed by atoms with van der Waals surface area (Å²) in [5, 5.41) is 4.14. The molecule has 0 bridgehead atoms. The van der Waals surface area contributed by atoms with Crippen LogP contribution in [0.15, 0.2) is 29.3 Å². The second kappa shape index (κ2) is 8.55. The van der Waals surface area contributed by atoms with Crippen molar-refractivity contribution in [1.82, 2.24) is 14.8 Å². The Hall–Kier alpha value is -2.13.